The van der Waals surface area contributed by atoms with Gasteiger partial charge in [-0.3, -0.25) is 4.79 Å². The van der Waals surface area contributed by atoms with E-state index < -0.39 is 5.91 Å². The second-order valence-electron chi connectivity index (χ2n) is 4.97. The lowest BCUT2D eigenvalue weighted by atomic mass is 10.1. The second kappa shape index (κ2) is 7.06. The molecule has 4 heteroatoms. The molecule has 0 saturated carbocycles. The van der Waals surface area contributed by atoms with E-state index in [1.54, 1.807) is 6.08 Å². The van der Waals surface area contributed by atoms with Gasteiger partial charge in [0.25, 0.3) is 5.91 Å². The van der Waals surface area contributed by atoms with Gasteiger partial charge in [-0.1, -0.05) is 34.1 Å². The van der Waals surface area contributed by atoms with Crippen molar-refractivity contribution < 1.29 is 4.79 Å². The van der Waals surface area contributed by atoms with Gasteiger partial charge in [-0.15, -0.1) is 0 Å². The molecule has 110 valence electrons. The Morgan fingerprint density at radius 1 is 1.14 bits per heavy atom. The highest BCUT2D eigenvalue weighted by Gasteiger charge is 2.10. The van der Waals surface area contributed by atoms with Crippen molar-refractivity contribution in [1.29, 1.82) is 5.26 Å². The fourth-order valence-corrected chi connectivity index (χ4v) is 2.16. The van der Waals surface area contributed by atoms with Gasteiger partial charge in [-0.05, 0) is 60.9 Å². The highest BCUT2D eigenvalue weighted by molar-refractivity contribution is 9.10. The smallest absolute Gasteiger partial charge is 0.266 e. The van der Waals surface area contributed by atoms with E-state index in [1.165, 1.54) is 0 Å². The van der Waals surface area contributed by atoms with Crippen LogP contribution in [0.2, 0.25) is 0 Å². The van der Waals surface area contributed by atoms with Gasteiger partial charge in [0.2, 0.25) is 0 Å². The maximum Gasteiger partial charge on any atom is 0.266 e. The number of amides is 1. The van der Waals surface area contributed by atoms with Crippen molar-refractivity contribution in [3.63, 3.8) is 0 Å². The summed E-state index contributed by atoms with van der Waals surface area (Å²) in [6.45, 7) is 3.99. The number of nitriles is 1. The molecule has 0 heterocycles. The molecule has 3 nitrogen and oxygen atoms in total. The Kier molecular flexibility index (Phi) is 5.13. The lowest BCUT2D eigenvalue weighted by molar-refractivity contribution is -0.112. The molecular weight excluding hydrogens is 340 g/mol. The van der Waals surface area contributed by atoms with Crippen molar-refractivity contribution in [3.8, 4) is 6.07 Å². The summed E-state index contributed by atoms with van der Waals surface area (Å²) in [4.78, 5) is 12.2. The SMILES string of the molecule is Cc1ccc(NC(=O)/C(C#N)=C/c2ccc(Br)cc2)cc1C. The average Bonchev–Trinajstić information content (AvgIpc) is 2.50. The van der Waals surface area contributed by atoms with Gasteiger partial charge in [0.1, 0.15) is 11.6 Å². The Balaban J connectivity index is 2.20. The van der Waals surface area contributed by atoms with Gasteiger partial charge in [-0.25, -0.2) is 0 Å². The average molecular weight is 355 g/mol. The number of anilines is 1. The van der Waals surface area contributed by atoms with Crippen LogP contribution in [-0.2, 0) is 4.79 Å². The lowest BCUT2D eigenvalue weighted by Gasteiger charge is -2.07. The molecule has 0 radical (unpaired) electrons. The fourth-order valence-electron chi connectivity index (χ4n) is 1.89. The van der Waals surface area contributed by atoms with Gasteiger partial charge >= 0.3 is 0 Å². The van der Waals surface area contributed by atoms with Gasteiger partial charge in [-0.2, -0.15) is 5.26 Å². The first-order valence-electron chi connectivity index (χ1n) is 6.75. The first kappa shape index (κ1) is 16.0. The predicted octanol–water partition coefficient (Wildman–Crippen LogP) is 4.61. The molecule has 0 fully saturated rings. The van der Waals surface area contributed by atoms with Crippen LogP contribution in [-0.4, -0.2) is 5.91 Å². The van der Waals surface area contributed by atoms with Crippen LogP contribution < -0.4 is 5.32 Å². The van der Waals surface area contributed by atoms with Crippen molar-refractivity contribution in [2.24, 2.45) is 0 Å². The van der Waals surface area contributed by atoms with E-state index in [1.807, 2.05) is 62.4 Å². The molecule has 1 amide bonds. The molecule has 0 aliphatic carbocycles. The molecule has 2 aromatic carbocycles. The molecule has 0 atom stereocenters. The normalized spacial score (nSPS) is 10.9. The van der Waals surface area contributed by atoms with Crippen molar-refractivity contribution in [2.45, 2.75) is 13.8 Å². The molecule has 2 aromatic rings. The maximum atomic E-state index is 12.2. The van der Waals surface area contributed by atoms with Crippen molar-refractivity contribution in [1.82, 2.24) is 0 Å². The Morgan fingerprint density at radius 2 is 1.82 bits per heavy atom. The highest BCUT2D eigenvalue weighted by Crippen LogP contribution is 2.16. The molecule has 1 N–H and O–H groups in total. The number of carbonyl (C=O) groups is 1. The van der Waals surface area contributed by atoms with Gasteiger partial charge in [0.15, 0.2) is 0 Å². The standard InChI is InChI=1S/C18H15BrN2O/c1-12-3-8-17(9-13(12)2)21-18(22)15(11-20)10-14-4-6-16(19)7-5-14/h3-10H,1-2H3,(H,21,22)/b15-10+. The van der Waals surface area contributed by atoms with Crippen molar-refractivity contribution in [2.75, 3.05) is 5.32 Å². The number of nitrogens with one attached hydrogen (secondary N) is 1. The van der Waals surface area contributed by atoms with E-state index in [9.17, 15) is 10.1 Å². The van der Waals surface area contributed by atoms with Crippen LogP contribution in [0.5, 0.6) is 0 Å². The molecule has 0 saturated heterocycles. The van der Waals surface area contributed by atoms with Gasteiger partial charge in [0.05, 0.1) is 0 Å². The summed E-state index contributed by atoms with van der Waals surface area (Å²) in [7, 11) is 0. The van der Waals surface area contributed by atoms with Gasteiger partial charge < -0.3 is 5.32 Å². The first-order valence-corrected chi connectivity index (χ1v) is 7.55. The van der Waals surface area contributed by atoms with E-state index in [0.29, 0.717) is 5.69 Å². The summed E-state index contributed by atoms with van der Waals surface area (Å²) in [5.41, 5.74) is 3.80. The summed E-state index contributed by atoms with van der Waals surface area (Å²) in [6.07, 6.45) is 1.57. The lowest BCUT2D eigenvalue weighted by Crippen LogP contribution is -2.13. The van der Waals surface area contributed by atoms with E-state index in [-0.39, 0.29) is 5.57 Å². The summed E-state index contributed by atoms with van der Waals surface area (Å²) >= 11 is 3.35. The Morgan fingerprint density at radius 3 is 2.41 bits per heavy atom. The van der Waals surface area contributed by atoms with Crippen molar-refractivity contribution in [3.05, 3.63) is 69.2 Å². The number of rotatable bonds is 3. The van der Waals surface area contributed by atoms with Gasteiger partial charge in [0, 0.05) is 10.2 Å². The molecule has 2 rings (SSSR count). The van der Waals surface area contributed by atoms with Crippen LogP contribution in [0.3, 0.4) is 0 Å². The summed E-state index contributed by atoms with van der Waals surface area (Å²) in [5, 5.41) is 12.0. The largest absolute Gasteiger partial charge is 0.321 e. The van der Waals surface area contributed by atoms with Crippen LogP contribution >= 0.6 is 15.9 Å². The molecule has 0 spiro atoms. The fraction of sp³-hybridized carbons (Fsp3) is 0.111. The molecule has 0 aliphatic heterocycles. The molecule has 22 heavy (non-hydrogen) atoms. The second-order valence-corrected chi connectivity index (χ2v) is 5.89. The third-order valence-corrected chi connectivity index (χ3v) is 3.84. The Bertz CT molecular complexity index is 771. The summed E-state index contributed by atoms with van der Waals surface area (Å²) in [5.74, 6) is -0.409. The van der Waals surface area contributed by atoms with Crippen molar-refractivity contribution >= 4 is 33.6 Å². The van der Waals surface area contributed by atoms with Crippen LogP contribution in [0, 0.1) is 25.2 Å². The van der Waals surface area contributed by atoms with E-state index in [4.69, 9.17) is 0 Å². The quantitative estimate of drug-likeness (QED) is 0.646. The number of benzene rings is 2. The summed E-state index contributed by atoms with van der Waals surface area (Å²) < 4.78 is 0.947. The first-order chi connectivity index (χ1) is 10.5. The number of halogens is 1. The molecule has 0 aromatic heterocycles. The van der Waals surface area contributed by atoms with Crippen LogP contribution in [0.1, 0.15) is 16.7 Å². The minimum Gasteiger partial charge on any atom is -0.321 e. The predicted molar refractivity (Wildman–Crippen MR) is 92.3 cm³/mol. The maximum absolute atomic E-state index is 12.2. The van der Waals surface area contributed by atoms with Crippen LogP contribution in [0.25, 0.3) is 6.08 Å². The zero-order valence-corrected chi connectivity index (χ0v) is 13.9. The Labute approximate surface area is 138 Å². The number of carbonyl (C=O) groups excluding carboxylic acids is 1. The number of hydrogen-bond donors (Lipinski definition) is 1. The van der Waals surface area contributed by atoms with E-state index >= 15 is 0 Å². The number of aryl methyl sites for hydroxylation is 2. The molecule has 0 unspecified atom stereocenters. The summed E-state index contributed by atoms with van der Waals surface area (Å²) in [6, 6.07) is 15.0. The third-order valence-electron chi connectivity index (χ3n) is 3.31. The number of nitrogens with zero attached hydrogens (tertiary/aromatic N) is 1. The molecule has 0 bridgehead atoms. The minimum absolute atomic E-state index is 0.0700. The molecular formula is C18H15BrN2O. The zero-order valence-electron chi connectivity index (χ0n) is 12.4. The highest BCUT2D eigenvalue weighted by atomic mass is 79.9. The topological polar surface area (TPSA) is 52.9 Å². The van der Waals surface area contributed by atoms with E-state index in [0.717, 1.165) is 21.2 Å². The number of hydrogen-bond acceptors (Lipinski definition) is 2. The molecule has 0 aliphatic rings. The van der Waals surface area contributed by atoms with Crippen LogP contribution in [0.4, 0.5) is 5.69 Å². The Hall–Kier alpha value is -2.38. The van der Waals surface area contributed by atoms with Crippen LogP contribution in [0.15, 0.2) is 52.5 Å². The zero-order chi connectivity index (χ0) is 16.1. The third kappa shape index (κ3) is 4.06. The monoisotopic (exact) mass is 354 g/mol. The van der Waals surface area contributed by atoms with E-state index in [2.05, 4.69) is 21.2 Å². The minimum atomic E-state index is -0.409.